The van der Waals surface area contributed by atoms with Crippen LogP contribution in [-0.4, -0.2) is 16.5 Å². The van der Waals surface area contributed by atoms with Crippen LogP contribution in [0.4, 0.5) is 0 Å². The van der Waals surface area contributed by atoms with E-state index in [1.165, 1.54) is 0 Å². The summed E-state index contributed by atoms with van der Waals surface area (Å²) in [6.45, 7) is 0. The van der Waals surface area contributed by atoms with Crippen LogP contribution in [0.1, 0.15) is 18.7 Å². The van der Waals surface area contributed by atoms with Gasteiger partial charge in [0, 0.05) is 6.04 Å². The normalized spacial score (nSPS) is 17.8. The lowest BCUT2D eigenvalue weighted by atomic mass is 10.5. The van der Waals surface area contributed by atoms with Gasteiger partial charge in [-0.3, -0.25) is 4.99 Å². The molecule has 4 nitrogen and oxygen atoms in total. The summed E-state index contributed by atoms with van der Waals surface area (Å²) in [5, 5.41) is 11.6. The highest BCUT2D eigenvalue weighted by Crippen LogP contribution is 2.23. The molecule has 2 rings (SSSR count). The molecule has 1 aliphatic carbocycles. The van der Waals surface area contributed by atoms with E-state index in [0.717, 1.165) is 12.8 Å². The minimum absolute atomic E-state index is 0.0995. The smallest absolute Gasteiger partial charge is 0.291 e. The van der Waals surface area contributed by atoms with E-state index in [1.54, 1.807) is 9.13 Å². The van der Waals surface area contributed by atoms with Crippen LogP contribution in [0.15, 0.2) is 17.4 Å². The molecule has 0 aliphatic heterocycles. The Hall–Kier alpha value is -1.32. The molecule has 0 atom stereocenters. The van der Waals surface area contributed by atoms with Crippen molar-refractivity contribution in [2.75, 3.05) is 0 Å². The number of rotatable bonds is 2. The maximum Gasteiger partial charge on any atom is 0.291 e. The molecule has 0 unspecified atom stereocenters. The Morgan fingerprint density at radius 3 is 2.85 bits per heavy atom. The van der Waals surface area contributed by atoms with Gasteiger partial charge in [-0.25, -0.2) is 9.13 Å². The zero-order valence-electron chi connectivity index (χ0n) is 7.90. The molecular formula is C9H13N3O. The van der Waals surface area contributed by atoms with Crippen molar-refractivity contribution in [3.63, 3.8) is 0 Å². The van der Waals surface area contributed by atoms with Gasteiger partial charge in [0.05, 0.1) is 20.0 Å². The lowest BCUT2D eigenvalue weighted by Crippen LogP contribution is -2.40. The number of imidazole rings is 1. The number of aliphatic imine (C=N–C) groups is 1. The Kier molecular flexibility index (Phi) is 1.83. The molecule has 0 aromatic carbocycles. The van der Waals surface area contributed by atoms with Crippen LogP contribution in [0.3, 0.4) is 0 Å². The summed E-state index contributed by atoms with van der Waals surface area (Å²) < 4.78 is 3.60. The molecule has 1 aliphatic rings. The van der Waals surface area contributed by atoms with E-state index in [0.29, 0.717) is 11.9 Å². The number of aryl methyl sites for hydroxylation is 2. The molecule has 0 radical (unpaired) electrons. The molecule has 0 bridgehead atoms. The van der Waals surface area contributed by atoms with Crippen LogP contribution in [0.5, 0.6) is 0 Å². The lowest BCUT2D eigenvalue weighted by Gasteiger charge is -2.06. The van der Waals surface area contributed by atoms with Gasteiger partial charge in [0.25, 0.3) is 5.82 Å². The first-order valence-electron chi connectivity index (χ1n) is 4.44. The third kappa shape index (κ3) is 1.56. The molecular weight excluding hydrogens is 166 g/mol. The van der Waals surface area contributed by atoms with E-state index in [2.05, 4.69) is 4.99 Å². The van der Waals surface area contributed by atoms with Gasteiger partial charge in [0.1, 0.15) is 12.4 Å². The van der Waals surface area contributed by atoms with Crippen LogP contribution >= 0.6 is 0 Å². The average Bonchev–Trinajstić information content (AvgIpc) is 2.79. The summed E-state index contributed by atoms with van der Waals surface area (Å²) in [5.41, 5.74) is 0. The quantitative estimate of drug-likeness (QED) is 0.330. The van der Waals surface area contributed by atoms with E-state index >= 15 is 0 Å². The number of hydrogen-bond acceptors (Lipinski definition) is 2. The second-order valence-electron chi connectivity index (χ2n) is 3.51. The van der Waals surface area contributed by atoms with Crippen molar-refractivity contribution in [1.82, 2.24) is 4.57 Å². The van der Waals surface area contributed by atoms with E-state index < -0.39 is 0 Å². The highest BCUT2D eigenvalue weighted by atomic mass is 16.3. The lowest BCUT2D eigenvalue weighted by molar-refractivity contribution is -0.674. The first-order valence-corrected chi connectivity index (χ1v) is 4.44. The van der Waals surface area contributed by atoms with Crippen molar-refractivity contribution in [3.8, 4) is 0 Å². The molecule has 1 saturated carbocycles. The largest absolute Gasteiger partial charge is 0.853 e. The topological polar surface area (TPSA) is 44.2 Å². The summed E-state index contributed by atoms with van der Waals surface area (Å²) in [4.78, 5) is 4.07. The van der Waals surface area contributed by atoms with Crippen molar-refractivity contribution in [2.45, 2.75) is 18.9 Å². The zero-order valence-corrected chi connectivity index (χ0v) is 7.90. The molecule has 1 fully saturated rings. The Bertz CT molecular complexity index is 330. The molecule has 1 aromatic heterocycles. The van der Waals surface area contributed by atoms with Gasteiger partial charge in [-0.1, -0.05) is 0 Å². The van der Waals surface area contributed by atoms with Crippen LogP contribution in [0.2, 0.25) is 0 Å². The zero-order chi connectivity index (χ0) is 9.42. The summed E-state index contributed by atoms with van der Waals surface area (Å²) >= 11 is 0. The van der Waals surface area contributed by atoms with Crippen LogP contribution in [0, 0.1) is 0 Å². The summed E-state index contributed by atoms with van der Waals surface area (Å²) in [6, 6.07) is 0.294. The monoisotopic (exact) mass is 179 g/mol. The maximum absolute atomic E-state index is 11.6. The number of nitrogens with zero attached hydrogens (tertiary/aromatic N) is 3. The van der Waals surface area contributed by atoms with Crippen LogP contribution < -0.4 is 9.67 Å². The molecule has 0 N–H and O–H groups in total. The Morgan fingerprint density at radius 2 is 2.38 bits per heavy atom. The SMILES string of the molecule is Cn1cc[n+](C)c1C([O-])=NC1CC1. The summed E-state index contributed by atoms with van der Waals surface area (Å²) in [7, 11) is 3.71. The summed E-state index contributed by atoms with van der Waals surface area (Å²) in [5.74, 6) is 0.546. The average molecular weight is 179 g/mol. The number of aromatic nitrogens is 2. The van der Waals surface area contributed by atoms with Gasteiger partial charge < -0.3 is 5.11 Å². The standard InChI is InChI=1S/C9H13N3O/c1-11-5-6-12(2)9(11)8(13)10-7-3-4-7/h5-7H,3-4H2,1-2H3. The highest BCUT2D eigenvalue weighted by molar-refractivity contribution is 5.85. The summed E-state index contributed by atoms with van der Waals surface area (Å²) in [6.07, 6.45) is 5.85. The van der Waals surface area contributed by atoms with Crippen molar-refractivity contribution in [3.05, 3.63) is 18.2 Å². The Labute approximate surface area is 77.2 Å². The van der Waals surface area contributed by atoms with Gasteiger partial charge in [-0.05, 0) is 12.8 Å². The molecule has 0 amide bonds. The molecule has 13 heavy (non-hydrogen) atoms. The van der Waals surface area contributed by atoms with Gasteiger partial charge in [-0.15, -0.1) is 0 Å². The number of hydrogen-bond donors (Lipinski definition) is 0. The van der Waals surface area contributed by atoms with Crippen LogP contribution in [-0.2, 0) is 14.1 Å². The second-order valence-corrected chi connectivity index (χ2v) is 3.51. The van der Waals surface area contributed by atoms with E-state index in [4.69, 9.17) is 0 Å². The molecule has 0 spiro atoms. The fraction of sp³-hybridized carbons (Fsp3) is 0.556. The van der Waals surface area contributed by atoms with E-state index in [1.807, 2.05) is 26.5 Å². The van der Waals surface area contributed by atoms with Gasteiger partial charge in [-0.2, -0.15) is 0 Å². The highest BCUT2D eigenvalue weighted by Gasteiger charge is 2.21. The maximum atomic E-state index is 11.6. The molecule has 1 aromatic rings. The predicted octanol–water partition coefficient (Wildman–Crippen LogP) is -0.881. The predicted molar refractivity (Wildman–Crippen MR) is 46.1 cm³/mol. The van der Waals surface area contributed by atoms with E-state index in [-0.39, 0.29) is 5.90 Å². The first-order chi connectivity index (χ1) is 6.18. The fourth-order valence-corrected chi connectivity index (χ4v) is 1.32. The van der Waals surface area contributed by atoms with Crippen molar-refractivity contribution in [1.29, 1.82) is 0 Å². The third-order valence-electron chi connectivity index (χ3n) is 2.22. The van der Waals surface area contributed by atoms with Crippen molar-refractivity contribution < 1.29 is 9.67 Å². The minimum Gasteiger partial charge on any atom is -0.853 e. The molecule has 4 heteroatoms. The molecule has 0 saturated heterocycles. The van der Waals surface area contributed by atoms with Gasteiger partial charge in [0.15, 0.2) is 0 Å². The second kappa shape index (κ2) is 2.87. The Morgan fingerprint density at radius 1 is 1.69 bits per heavy atom. The van der Waals surface area contributed by atoms with Gasteiger partial charge in [0.2, 0.25) is 0 Å². The van der Waals surface area contributed by atoms with Crippen molar-refractivity contribution in [2.24, 2.45) is 19.1 Å². The fourth-order valence-electron chi connectivity index (χ4n) is 1.32. The third-order valence-corrected chi connectivity index (χ3v) is 2.22. The van der Waals surface area contributed by atoms with Gasteiger partial charge >= 0.3 is 0 Å². The minimum atomic E-state index is -0.0995. The molecule has 70 valence electrons. The Balaban J connectivity index is 2.32. The van der Waals surface area contributed by atoms with Crippen LogP contribution in [0.25, 0.3) is 0 Å². The van der Waals surface area contributed by atoms with E-state index in [9.17, 15) is 5.11 Å². The molecule has 1 heterocycles. The van der Waals surface area contributed by atoms with Crippen molar-refractivity contribution >= 4 is 5.90 Å². The first kappa shape index (κ1) is 8.29.